The molecule has 5 rings (SSSR count). The van der Waals surface area contributed by atoms with Gasteiger partial charge in [0.1, 0.15) is 18.1 Å². The molecular formula is C26H28ClNO2. The first-order valence-electron chi connectivity index (χ1n) is 10.5. The van der Waals surface area contributed by atoms with Crippen molar-refractivity contribution in [2.75, 3.05) is 7.11 Å². The summed E-state index contributed by atoms with van der Waals surface area (Å²) in [6.45, 7) is 0.609. The SMILES string of the molecule is COc1ccc2c(c1)C(N[C@@H]1C[C@H]1c1ccc(OCc3ccccc3)cc1)CC2.Cl. The maximum atomic E-state index is 5.92. The smallest absolute Gasteiger partial charge is 0.119 e. The number of hydrogen-bond acceptors (Lipinski definition) is 3. The predicted molar refractivity (Wildman–Crippen MR) is 123 cm³/mol. The van der Waals surface area contributed by atoms with Crippen molar-refractivity contribution in [2.45, 2.75) is 43.9 Å². The lowest BCUT2D eigenvalue weighted by Gasteiger charge is -2.15. The Balaban J connectivity index is 0.00000218. The molecule has 4 heteroatoms. The second kappa shape index (κ2) is 9.11. The number of aryl methyl sites for hydroxylation is 1. The van der Waals surface area contributed by atoms with Crippen molar-refractivity contribution < 1.29 is 9.47 Å². The van der Waals surface area contributed by atoms with E-state index >= 15 is 0 Å². The van der Waals surface area contributed by atoms with Gasteiger partial charge in [-0.05, 0) is 65.8 Å². The van der Waals surface area contributed by atoms with Crippen molar-refractivity contribution in [1.82, 2.24) is 5.32 Å². The van der Waals surface area contributed by atoms with Crippen LogP contribution in [0.25, 0.3) is 0 Å². The molecule has 1 saturated carbocycles. The fourth-order valence-corrected chi connectivity index (χ4v) is 4.44. The van der Waals surface area contributed by atoms with E-state index in [1.807, 2.05) is 18.2 Å². The molecule has 3 aromatic rings. The van der Waals surface area contributed by atoms with Gasteiger partial charge in [-0.25, -0.2) is 0 Å². The van der Waals surface area contributed by atoms with Crippen LogP contribution in [-0.2, 0) is 13.0 Å². The monoisotopic (exact) mass is 421 g/mol. The Morgan fingerprint density at radius 2 is 1.70 bits per heavy atom. The summed E-state index contributed by atoms with van der Waals surface area (Å²) in [7, 11) is 1.74. The molecular weight excluding hydrogens is 394 g/mol. The van der Waals surface area contributed by atoms with Gasteiger partial charge in [-0.15, -0.1) is 12.4 Å². The summed E-state index contributed by atoms with van der Waals surface area (Å²) in [6.07, 6.45) is 3.54. The summed E-state index contributed by atoms with van der Waals surface area (Å²) in [6, 6.07) is 26.4. The number of hydrogen-bond donors (Lipinski definition) is 1. The molecule has 0 heterocycles. The van der Waals surface area contributed by atoms with Gasteiger partial charge in [-0.1, -0.05) is 48.5 Å². The first-order chi connectivity index (χ1) is 14.3. The fourth-order valence-electron chi connectivity index (χ4n) is 4.44. The predicted octanol–water partition coefficient (Wildman–Crippen LogP) is 5.83. The van der Waals surface area contributed by atoms with Gasteiger partial charge in [-0.3, -0.25) is 0 Å². The Bertz CT molecular complexity index is 974. The standard InChI is InChI=1S/C26H27NO2.ClH/c1-28-22-13-9-20-10-14-25(23(20)15-22)27-26-16-24(26)19-7-11-21(12-8-19)29-17-18-5-3-2-4-6-18;/h2-9,11-13,15,24-27H,10,14,16-17H2,1H3;1H/t24-,25?,26+;/m0./s1. The molecule has 0 bridgehead atoms. The van der Waals surface area contributed by atoms with Gasteiger partial charge in [0.15, 0.2) is 0 Å². The minimum atomic E-state index is 0. The maximum Gasteiger partial charge on any atom is 0.119 e. The van der Waals surface area contributed by atoms with E-state index in [0.717, 1.165) is 17.9 Å². The van der Waals surface area contributed by atoms with E-state index in [4.69, 9.17) is 9.47 Å². The average Bonchev–Trinajstić information content (AvgIpc) is 3.44. The molecule has 1 fully saturated rings. The molecule has 2 aliphatic carbocycles. The summed E-state index contributed by atoms with van der Waals surface area (Å²) < 4.78 is 11.3. The minimum Gasteiger partial charge on any atom is -0.497 e. The van der Waals surface area contributed by atoms with E-state index in [1.165, 1.54) is 35.1 Å². The lowest BCUT2D eigenvalue weighted by atomic mass is 10.1. The lowest BCUT2D eigenvalue weighted by Crippen LogP contribution is -2.22. The Hall–Kier alpha value is -2.49. The Morgan fingerprint density at radius 3 is 2.47 bits per heavy atom. The van der Waals surface area contributed by atoms with Crippen molar-refractivity contribution in [3.63, 3.8) is 0 Å². The molecule has 1 N–H and O–H groups in total. The Kier molecular flexibility index (Phi) is 6.31. The van der Waals surface area contributed by atoms with Crippen LogP contribution in [0, 0.1) is 0 Å². The molecule has 2 aliphatic rings. The van der Waals surface area contributed by atoms with E-state index in [-0.39, 0.29) is 12.4 Å². The molecule has 3 atom stereocenters. The van der Waals surface area contributed by atoms with Crippen LogP contribution in [0.1, 0.15) is 47.1 Å². The van der Waals surface area contributed by atoms with Crippen LogP contribution in [0.15, 0.2) is 72.8 Å². The highest BCUT2D eigenvalue weighted by atomic mass is 35.5. The zero-order chi connectivity index (χ0) is 19.6. The van der Waals surface area contributed by atoms with E-state index in [9.17, 15) is 0 Å². The highest BCUT2D eigenvalue weighted by molar-refractivity contribution is 5.85. The van der Waals surface area contributed by atoms with Crippen molar-refractivity contribution in [2.24, 2.45) is 0 Å². The Morgan fingerprint density at radius 1 is 0.933 bits per heavy atom. The molecule has 0 aliphatic heterocycles. The van der Waals surface area contributed by atoms with Crippen molar-refractivity contribution in [3.8, 4) is 11.5 Å². The van der Waals surface area contributed by atoms with Gasteiger partial charge >= 0.3 is 0 Å². The van der Waals surface area contributed by atoms with Crippen LogP contribution in [0.4, 0.5) is 0 Å². The average molecular weight is 422 g/mol. The first-order valence-corrected chi connectivity index (χ1v) is 10.5. The molecule has 1 unspecified atom stereocenters. The topological polar surface area (TPSA) is 30.5 Å². The van der Waals surface area contributed by atoms with Gasteiger partial charge < -0.3 is 14.8 Å². The number of ether oxygens (including phenoxy) is 2. The van der Waals surface area contributed by atoms with E-state index in [2.05, 4.69) is 59.9 Å². The quantitative estimate of drug-likeness (QED) is 0.520. The molecule has 0 amide bonds. The fraction of sp³-hybridized carbons (Fsp3) is 0.308. The van der Waals surface area contributed by atoms with E-state index in [0.29, 0.717) is 24.6 Å². The highest BCUT2D eigenvalue weighted by Crippen LogP contribution is 2.44. The third-order valence-corrected chi connectivity index (χ3v) is 6.19. The third-order valence-electron chi connectivity index (χ3n) is 6.19. The summed E-state index contributed by atoms with van der Waals surface area (Å²) in [4.78, 5) is 0. The second-order valence-corrected chi connectivity index (χ2v) is 8.11. The molecule has 0 saturated heterocycles. The zero-order valence-corrected chi connectivity index (χ0v) is 18.0. The van der Waals surface area contributed by atoms with E-state index < -0.39 is 0 Å². The molecule has 0 aromatic heterocycles. The summed E-state index contributed by atoms with van der Waals surface area (Å²) in [5.41, 5.74) is 5.47. The number of methoxy groups -OCH3 is 1. The number of halogens is 1. The number of nitrogens with one attached hydrogen (secondary N) is 1. The van der Waals surface area contributed by atoms with Crippen LogP contribution in [-0.4, -0.2) is 13.2 Å². The van der Waals surface area contributed by atoms with Gasteiger partial charge in [0.25, 0.3) is 0 Å². The number of fused-ring (bicyclic) bond motifs is 1. The molecule has 30 heavy (non-hydrogen) atoms. The molecule has 156 valence electrons. The van der Waals surface area contributed by atoms with Gasteiger partial charge in [0, 0.05) is 18.0 Å². The van der Waals surface area contributed by atoms with Crippen LogP contribution in [0.3, 0.4) is 0 Å². The van der Waals surface area contributed by atoms with Crippen LogP contribution < -0.4 is 14.8 Å². The van der Waals surface area contributed by atoms with E-state index in [1.54, 1.807) is 7.11 Å². The highest BCUT2D eigenvalue weighted by Gasteiger charge is 2.40. The Labute approximate surface area is 184 Å². The third kappa shape index (κ3) is 4.48. The van der Waals surface area contributed by atoms with Crippen LogP contribution in [0.2, 0.25) is 0 Å². The largest absolute Gasteiger partial charge is 0.497 e. The van der Waals surface area contributed by atoms with Crippen molar-refractivity contribution in [3.05, 3.63) is 95.1 Å². The summed E-state index contributed by atoms with van der Waals surface area (Å²) in [5, 5.41) is 3.88. The van der Waals surface area contributed by atoms with Crippen molar-refractivity contribution >= 4 is 12.4 Å². The van der Waals surface area contributed by atoms with Crippen LogP contribution in [0.5, 0.6) is 11.5 Å². The second-order valence-electron chi connectivity index (χ2n) is 8.11. The van der Waals surface area contributed by atoms with Gasteiger partial charge in [0.05, 0.1) is 7.11 Å². The lowest BCUT2D eigenvalue weighted by molar-refractivity contribution is 0.306. The number of rotatable bonds is 7. The summed E-state index contributed by atoms with van der Waals surface area (Å²) >= 11 is 0. The van der Waals surface area contributed by atoms with Crippen molar-refractivity contribution in [1.29, 1.82) is 0 Å². The van der Waals surface area contributed by atoms with Crippen LogP contribution >= 0.6 is 12.4 Å². The summed E-state index contributed by atoms with van der Waals surface area (Å²) in [5.74, 6) is 2.49. The maximum absolute atomic E-state index is 5.92. The minimum absolute atomic E-state index is 0. The molecule has 0 radical (unpaired) electrons. The van der Waals surface area contributed by atoms with Gasteiger partial charge in [-0.2, -0.15) is 0 Å². The number of benzene rings is 3. The first kappa shape index (κ1) is 20.8. The zero-order valence-electron chi connectivity index (χ0n) is 17.2. The molecule has 0 spiro atoms. The van der Waals surface area contributed by atoms with Gasteiger partial charge in [0.2, 0.25) is 0 Å². The normalized spacial score (nSPS) is 21.4. The molecule has 3 nitrogen and oxygen atoms in total. The molecule has 3 aromatic carbocycles.